The van der Waals surface area contributed by atoms with Crippen molar-refractivity contribution in [3.8, 4) is 5.75 Å². The lowest BCUT2D eigenvalue weighted by Crippen LogP contribution is -2.36. The van der Waals surface area contributed by atoms with E-state index in [2.05, 4.69) is 58.9 Å². The van der Waals surface area contributed by atoms with Crippen molar-refractivity contribution >= 4 is 14.5 Å². The minimum Gasteiger partial charge on any atom is -0.488 e. The van der Waals surface area contributed by atoms with Gasteiger partial charge in [-0.25, -0.2) is 0 Å². The van der Waals surface area contributed by atoms with E-state index >= 15 is 0 Å². The average Bonchev–Trinajstić information content (AvgIpc) is 2.75. The first-order chi connectivity index (χ1) is 14.7. The van der Waals surface area contributed by atoms with E-state index in [1.165, 1.54) is 12.0 Å². The fraction of sp³-hybridized carbons (Fsp3) is 0.731. The Balaban J connectivity index is 0.000000604. The molecule has 0 aromatic heterocycles. The normalized spacial score (nSPS) is 13.1. The van der Waals surface area contributed by atoms with Crippen LogP contribution in [0.3, 0.4) is 0 Å². The highest BCUT2D eigenvalue weighted by Gasteiger charge is 2.29. The van der Waals surface area contributed by atoms with Crippen LogP contribution in [0, 0.1) is 5.41 Å². The van der Waals surface area contributed by atoms with Gasteiger partial charge in [0.2, 0.25) is 0 Å². The fourth-order valence-electron chi connectivity index (χ4n) is 2.64. The number of benzene rings is 1. The molecule has 186 valence electrons. The van der Waals surface area contributed by atoms with Crippen LogP contribution in [0.15, 0.2) is 24.3 Å². The molecule has 1 unspecified atom stereocenters. The molecule has 1 rings (SSSR count). The summed E-state index contributed by atoms with van der Waals surface area (Å²) in [7, 11) is 1.32. The molecule has 1 atom stereocenters. The summed E-state index contributed by atoms with van der Waals surface area (Å²) in [6.45, 7) is 18.9. The van der Waals surface area contributed by atoms with Crippen molar-refractivity contribution in [2.75, 3.05) is 20.8 Å². The second-order valence-electron chi connectivity index (χ2n) is 10.1. The molecule has 0 aliphatic carbocycles. The number of hydrogen-bond acceptors (Lipinski definition) is 5. The maximum Gasteiger partial charge on any atom is 0.334 e. The summed E-state index contributed by atoms with van der Waals surface area (Å²) >= 11 is 0. The summed E-state index contributed by atoms with van der Waals surface area (Å²) in [6, 6.07) is 9.28. The van der Waals surface area contributed by atoms with Crippen LogP contribution < -0.4 is 4.74 Å². The molecule has 5 nitrogen and oxygen atoms in total. The highest BCUT2D eigenvalue weighted by molar-refractivity contribution is 6.65. The van der Waals surface area contributed by atoms with E-state index in [0.29, 0.717) is 12.5 Å². The largest absolute Gasteiger partial charge is 0.488 e. The van der Waals surface area contributed by atoms with Gasteiger partial charge < -0.3 is 18.3 Å². The van der Waals surface area contributed by atoms with Crippen LogP contribution in [-0.4, -0.2) is 41.0 Å². The molecule has 0 aliphatic heterocycles. The topological polar surface area (TPSA) is 54.0 Å². The maximum atomic E-state index is 11.7. The van der Waals surface area contributed by atoms with Gasteiger partial charge in [0.1, 0.15) is 11.4 Å². The summed E-state index contributed by atoms with van der Waals surface area (Å²) in [5.74, 6) is 1.46. The Bertz CT molecular complexity index is 645. The molecule has 0 saturated heterocycles. The monoisotopic (exact) mass is 468 g/mol. The van der Waals surface area contributed by atoms with Gasteiger partial charge in [0.25, 0.3) is 0 Å². The van der Waals surface area contributed by atoms with Gasteiger partial charge in [0, 0.05) is 14.2 Å². The van der Waals surface area contributed by atoms with Crippen LogP contribution >= 0.6 is 0 Å². The van der Waals surface area contributed by atoms with Gasteiger partial charge >= 0.3 is 14.5 Å². The predicted molar refractivity (Wildman–Crippen MR) is 136 cm³/mol. The second-order valence-corrected chi connectivity index (χ2v) is 13.7. The Morgan fingerprint density at radius 2 is 1.53 bits per heavy atom. The van der Waals surface area contributed by atoms with E-state index in [9.17, 15) is 4.79 Å². The molecule has 1 aromatic rings. The minimum absolute atomic E-state index is 0.113. The molecule has 6 heteroatoms. The van der Waals surface area contributed by atoms with Gasteiger partial charge in [0.15, 0.2) is 0 Å². The summed E-state index contributed by atoms with van der Waals surface area (Å²) in [5.41, 5.74) is 0.889. The highest BCUT2D eigenvalue weighted by Crippen LogP contribution is 2.24. The summed E-state index contributed by atoms with van der Waals surface area (Å²) < 4.78 is 21.7. The Morgan fingerprint density at radius 3 is 1.94 bits per heavy atom. The standard InChI is InChI=1S/C14H22O.C12H26O4Si/c1-6-11(2)12-7-9-13(10-8-12)15-14(3,4)5;1-7-12(2,3)11(13)16-9-8-10-17(6,14-4)15-5/h7-11H,6H2,1-5H3;7-10H2,1-6H3. The van der Waals surface area contributed by atoms with Gasteiger partial charge in [-0.1, -0.05) is 32.9 Å². The lowest BCUT2D eigenvalue weighted by Gasteiger charge is -2.23. The molecule has 0 radical (unpaired) electrons. The Hall–Kier alpha value is -1.37. The van der Waals surface area contributed by atoms with Crippen LogP contribution in [0.25, 0.3) is 0 Å². The van der Waals surface area contributed by atoms with Crippen LogP contribution in [0.1, 0.15) is 86.1 Å². The Labute approximate surface area is 198 Å². The highest BCUT2D eigenvalue weighted by atomic mass is 28.4. The molecule has 0 spiro atoms. The Morgan fingerprint density at radius 1 is 1.00 bits per heavy atom. The molecule has 1 aromatic carbocycles. The SMILES string of the molecule is CCC(C)(C)C(=O)OCCC[Si](C)(OC)OC.CCC(C)c1ccc(OC(C)(C)C)cc1. The quantitative estimate of drug-likeness (QED) is 0.197. The zero-order valence-corrected chi connectivity index (χ0v) is 23.5. The zero-order chi connectivity index (χ0) is 25.0. The molecule has 0 fully saturated rings. The van der Waals surface area contributed by atoms with Gasteiger partial charge in [-0.2, -0.15) is 0 Å². The molecule has 0 saturated carbocycles. The molecule has 0 aliphatic rings. The van der Waals surface area contributed by atoms with Crippen molar-refractivity contribution < 1.29 is 23.1 Å². The first-order valence-corrected chi connectivity index (χ1v) is 14.3. The van der Waals surface area contributed by atoms with E-state index in [1.807, 2.05) is 27.3 Å². The van der Waals surface area contributed by atoms with E-state index < -0.39 is 8.56 Å². The van der Waals surface area contributed by atoms with E-state index in [4.69, 9.17) is 18.3 Å². The maximum absolute atomic E-state index is 11.7. The van der Waals surface area contributed by atoms with Crippen molar-refractivity contribution in [2.24, 2.45) is 5.41 Å². The van der Waals surface area contributed by atoms with Crippen molar-refractivity contribution in [2.45, 2.75) is 98.8 Å². The van der Waals surface area contributed by atoms with Crippen LogP contribution in [-0.2, 0) is 18.4 Å². The van der Waals surface area contributed by atoms with Crippen LogP contribution in [0.2, 0.25) is 12.6 Å². The van der Waals surface area contributed by atoms with Gasteiger partial charge in [-0.15, -0.1) is 0 Å². The zero-order valence-electron chi connectivity index (χ0n) is 22.5. The smallest absolute Gasteiger partial charge is 0.334 e. The summed E-state index contributed by atoms with van der Waals surface area (Å²) in [4.78, 5) is 11.7. The van der Waals surface area contributed by atoms with E-state index in [-0.39, 0.29) is 17.0 Å². The van der Waals surface area contributed by atoms with Crippen molar-refractivity contribution in [3.63, 3.8) is 0 Å². The predicted octanol–water partition coefficient (Wildman–Crippen LogP) is 7.10. The van der Waals surface area contributed by atoms with Crippen molar-refractivity contribution in [1.82, 2.24) is 0 Å². The summed E-state index contributed by atoms with van der Waals surface area (Å²) in [6.07, 6.45) is 2.75. The third kappa shape index (κ3) is 12.0. The summed E-state index contributed by atoms with van der Waals surface area (Å²) in [5, 5.41) is 0. The number of rotatable bonds is 11. The lowest BCUT2D eigenvalue weighted by atomic mass is 9.91. The number of carbonyl (C=O) groups is 1. The second kappa shape index (κ2) is 14.0. The molecule has 0 heterocycles. The lowest BCUT2D eigenvalue weighted by molar-refractivity contribution is -0.154. The van der Waals surface area contributed by atoms with Crippen LogP contribution in [0.4, 0.5) is 0 Å². The fourth-order valence-corrected chi connectivity index (χ4v) is 4.00. The van der Waals surface area contributed by atoms with E-state index in [1.54, 1.807) is 14.2 Å². The number of carbonyl (C=O) groups excluding carboxylic acids is 1. The van der Waals surface area contributed by atoms with Gasteiger partial charge in [-0.05, 0) is 90.1 Å². The molecule has 32 heavy (non-hydrogen) atoms. The number of ether oxygens (including phenoxy) is 2. The number of esters is 1. The van der Waals surface area contributed by atoms with Gasteiger partial charge in [0.05, 0.1) is 12.0 Å². The van der Waals surface area contributed by atoms with E-state index in [0.717, 1.165) is 24.6 Å². The third-order valence-corrected chi connectivity index (χ3v) is 8.78. The number of hydrogen-bond donors (Lipinski definition) is 0. The van der Waals surface area contributed by atoms with Crippen molar-refractivity contribution in [3.05, 3.63) is 29.8 Å². The molecule has 0 amide bonds. The van der Waals surface area contributed by atoms with Crippen molar-refractivity contribution in [1.29, 1.82) is 0 Å². The first-order valence-electron chi connectivity index (χ1n) is 11.8. The molecule has 0 bridgehead atoms. The van der Waals surface area contributed by atoms with Gasteiger partial charge in [-0.3, -0.25) is 4.79 Å². The molecular formula is C26H48O5Si. The molecular weight excluding hydrogens is 420 g/mol. The Kier molecular flexibility index (Phi) is 13.4. The van der Waals surface area contributed by atoms with Crippen LogP contribution in [0.5, 0.6) is 5.75 Å². The third-order valence-electron chi connectivity index (χ3n) is 5.79. The minimum atomic E-state index is -2.01. The molecule has 0 N–H and O–H groups in total. The average molecular weight is 469 g/mol. The first kappa shape index (κ1) is 30.6.